The van der Waals surface area contributed by atoms with Crippen LogP contribution < -0.4 is 5.56 Å². The molecule has 5 heteroatoms. The number of hydrogen-bond acceptors (Lipinski definition) is 4. The zero-order chi connectivity index (χ0) is 16.6. The van der Waals surface area contributed by atoms with Gasteiger partial charge in [-0.15, -0.1) is 0 Å². The summed E-state index contributed by atoms with van der Waals surface area (Å²) in [6.07, 6.45) is 5.86. The highest BCUT2D eigenvalue weighted by Crippen LogP contribution is 2.29. The number of aromatic nitrogens is 2. The molecule has 5 nitrogen and oxygen atoms in total. The fraction of sp³-hybridized carbons (Fsp3) is 0.778. The normalized spacial score (nSPS) is 27.0. The van der Waals surface area contributed by atoms with E-state index in [0.29, 0.717) is 12.0 Å². The van der Waals surface area contributed by atoms with Crippen LogP contribution in [0.15, 0.2) is 17.2 Å². The van der Waals surface area contributed by atoms with E-state index in [9.17, 15) is 9.90 Å². The Morgan fingerprint density at radius 3 is 2.39 bits per heavy atom. The molecule has 1 aromatic heterocycles. The van der Waals surface area contributed by atoms with Crippen LogP contribution in [-0.4, -0.2) is 44.8 Å². The molecule has 2 atom stereocenters. The summed E-state index contributed by atoms with van der Waals surface area (Å²) in [5, 5.41) is 9.79. The largest absolute Gasteiger partial charge is 0.391 e. The molecule has 0 bridgehead atoms. The molecule has 0 radical (unpaired) electrons. The van der Waals surface area contributed by atoms with Crippen LogP contribution in [0, 0.1) is 5.92 Å². The second kappa shape index (κ2) is 6.36. The van der Waals surface area contributed by atoms with Crippen LogP contribution >= 0.6 is 0 Å². The molecule has 2 unspecified atom stereocenters. The van der Waals surface area contributed by atoms with Gasteiger partial charge in [0, 0.05) is 24.1 Å². The predicted molar refractivity (Wildman–Crippen MR) is 90.5 cm³/mol. The Balaban J connectivity index is 1.57. The van der Waals surface area contributed by atoms with Gasteiger partial charge in [-0.2, -0.15) is 0 Å². The van der Waals surface area contributed by atoms with E-state index in [4.69, 9.17) is 0 Å². The highest BCUT2D eigenvalue weighted by Gasteiger charge is 2.35. The molecular weight excluding hydrogens is 290 g/mol. The molecule has 1 N–H and O–H groups in total. The molecule has 0 spiro atoms. The molecule has 1 aromatic rings. The highest BCUT2D eigenvalue weighted by atomic mass is 16.3. The van der Waals surface area contributed by atoms with Crippen LogP contribution in [-0.2, 0) is 12.0 Å². The van der Waals surface area contributed by atoms with Crippen molar-refractivity contribution >= 4 is 0 Å². The Hall–Kier alpha value is -1.20. The zero-order valence-corrected chi connectivity index (χ0v) is 14.5. The van der Waals surface area contributed by atoms with Gasteiger partial charge in [0.1, 0.15) is 0 Å². The van der Waals surface area contributed by atoms with E-state index in [-0.39, 0.29) is 17.1 Å². The minimum Gasteiger partial charge on any atom is -0.391 e. The SMILES string of the molecule is CC(C)(C)c1cc(=O)n(CC2CCN(C3CCC3O)CC2)cn1. The first-order valence-electron chi connectivity index (χ1n) is 8.83. The molecule has 1 aliphatic heterocycles. The summed E-state index contributed by atoms with van der Waals surface area (Å²) in [5.41, 5.74) is 0.821. The van der Waals surface area contributed by atoms with Crippen molar-refractivity contribution in [2.45, 2.75) is 70.6 Å². The number of nitrogens with zero attached hydrogens (tertiary/aromatic N) is 3. The Bertz CT molecular complexity index is 597. The van der Waals surface area contributed by atoms with E-state index < -0.39 is 0 Å². The summed E-state index contributed by atoms with van der Waals surface area (Å²) in [6, 6.07) is 2.06. The number of piperidine rings is 1. The van der Waals surface area contributed by atoms with Crippen molar-refractivity contribution in [3.63, 3.8) is 0 Å². The van der Waals surface area contributed by atoms with Gasteiger partial charge in [0.25, 0.3) is 5.56 Å². The molecule has 1 saturated heterocycles. The van der Waals surface area contributed by atoms with Crippen molar-refractivity contribution in [2.75, 3.05) is 13.1 Å². The zero-order valence-electron chi connectivity index (χ0n) is 14.5. The third-order valence-corrected chi connectivity index (χ3v) is 5.42. The van der Waals surface area contributed by atoms with E-state index in [1.807, 2.05) is 0 Å². The Labute approximate surface area is 138 Å². The molecule has 2 fully saturated rings. The number of aliphatic hydroxyl groups excluding tert-OH is 1. The summed E-state index contributed by atoms with van der Waals surface area (Å²) < 4.78 is 1.76. The fourth-order valence-electron chi connectivity index (χ4n) is 3.61. The number of likely N-dealkylation sites (tertiary alicyclic amines) is 1. The molecule has 2 aliphatic rings. The Kier molecular flexibility index (Phi) is 4.61. The second-order valence-corrected chi connectivity index (χ2v) is 8.21. The third kappa shape index (κ3) is 3.66. The third-order valence-electron chi connectivity index (χ3n) is 5.42. The van der Waals surface area contributed by atoms with Gasteiger partial charge < -0.3 is 5.11 Å². The average Bonchev–Trinajstić information content (AvgIpc) is 2.48. The first kappa shape index (κ1) is 16.7. The van der Waals surface area contributed by atoms with Crippen molar-refractivity contribution < 1.29 is 5.11 Å². The minimum atomic E-state index is -0.122. The van der Waals surface area contributed by atoms with Gasteiger partial charge in [-0.05, 0) is 44.7 Å². The van der Waals surface area contributed by atoms with Gasteiger partial charge >= 0.3 is 0 Å². The van der Waals surface area contributed by atoms with Gasteiger partial charge in [-0.3, -0.25) is 14.3 Å². The van der Waals surface area contributed by atoms with E-state index in [1.165, 1.54) is 0 Å². The smallest absolute Gasteiger partial charge is 0.253 e. The maximum atomic E-state index is 12.3. The molecule has 3 rings (SSSR count). The lowest BCUT2D eigenvalue weighted by Crippen LogP contribution is -2.53. The summed E-state index contributed by atoms with van der Waals surface area (Å²) >= 11 is 0. The predicted octanol–water partition coefficient (Wildman–Crippen LogP) is 1.78. The Morgan fingerprint density at radius 1 is 1.22 bits per heavy atom. The van der Waals surface area contributed by atoms with Crippen LogP contribution in [0.5, 0.6) is 0 Å². The quantitative estimate of drug-likeness (QED) is 0.922. The van der Waals surface area contributed by atoms with Crippen molar-refractivity contribution in [1.82, 2.24) is 14.5 Å². The molecular formula is C18H29N3O2. The minimum absolute atomic E-state index is 0.0572. The van der Waals surface area contributed by atoms with Gasteiger partial charge in [0.15, 0.2) is 0 Å². The van der Waals surface area contributed by atoms with Crippen molar-refractivity contribution in [1.29, 1.82) is 0 Å². The maximum Gasteiger partial charge on any atom is 0.253 e. The van der Waals surface area contributed by atoms with Crippen molar-refractivity contribution in [2.24, 2.45) is 5.92 Å². The summed E-state index contributed by atoms with van der Waals surface area (Å²) in [7, 11) is 0. The van der Waals surface area contributed by atoms with Crippen LogP contribution in [0.2, 0.25) is 0 Å². The lowest BCUT2D eigenvalue weighted by molar-refractivity contribution is -0.0346. The molecule has 23 heavy (non-hydrogen) atoms. The molecule has 1 saturated carbocycles. The van der Waals surface area contributed by atoms with Crippen molar-refractivity contribution in [3.05, 3.63) is 28.4 Å². The topological polar surface area (TPSA) is 58.4 Å². The van der Waals surface area contributed by atoms with Crippen molar-refractivity contribution in [3.8, 4) is 0 Å². The van der Waals surface area contributed by atoms with Gasteiger partial charge in [0.05, 0.1) is 18.1 Å². The van der Waals surface area contributed by atoms with Gasteiger partial charge in [-0.25, -0.2) is 4.98 Å². The summed E-state index contributed by atoms with van der Waals surface area (Å²) in [6.45, 7) is 9.05. The van der Waals surface area contributed by atoms with E-state index in [0.717, 1.165) is 51.0 Å². The van der Waals surface area contributed by atoms with E-state index >= 15 is 0 Å². The van der Waals surface area contributed by atoms with Gasteiger partial charge in [-0.1, -0.05) is 20.8 Å². The van der Waals surface area contributed by atoms with Crippen LogP contribution in [0.1, 0.15) is 52.1 Å². The van der Waals surface area contributed by atoms with Crippen LogP contribution in [0.3, 0.4) is 0 Å². The number of aliphatic hydroxyl groups is 1. The number of rotatable bonds is 3. The summed E-state index contributed by atoms with van der Waals surface area (Å²) in [4.78, 5) is 19.2. The fourth-order valence-corrected chi connectivity index (χ4v) is 3.61. The van der Waals surface area contributed by atoms with Crippen LogP contribution in [0.25, 0.3) is 0 Å². The molecule has 128 valence electrons. The molecule has 1 aliphatic carbocycles. The van der Waals surface area contributed by atoms with Gasteiger partial charge in [0.2, 0.25) is 0 Å². The summed E-state index contributed by atoms with van der Waals surface area (Å²) in [5.74, 6) is 0.531. The first-order valence-corrected chi connectivity index (χ1v) is 8.83. The van der Waals surface area contributed by atoms with E-state index in [2.05, 4.69) is 30.7 Å². The Morgan fingerprint density at radius 2 is 1.91 bits per heavy atom. The lowest BCUT2D eigenvalue weighted by atomic mass is 9.85. The number of hydrogen-bond donors (Lipinski definition) is 1. The molecule has 2 heterocycles. The second-order valence-electron chi connectivity index (χ2n) is 8.21. The molecule has 0 amide bonds. The maximum absolute atomic E-state index is 12.3. The lowest BCUT2D eigenvalue weighted by Gasteiger charge is -2.44. The standard InChI is InChI=1S/C18H29N3O2/c1-18(2,3)16-10-17(23)21(12-19-16)11-13-6-8-20(9-7-13)14-4-5-15(14)22/h10,12-15,22H,4-9,11H2,1-3H3. The highest BCUT2D eigenvalue weighted by molar-refractivity contribution is 5.10. The first-order chi connectivity index (χ1) is 10.8. The monoisotopic (exact) mass is 319 g/mol. The average molecular weight is 319 g/mol. The van der Waals surface area contributed by atoms with E-state index in [1.54, 1.807) is 17.0 Å². The molecule has 0 aromatic carbocycles. The van der Waals surface area contributed by atoms with Crippen LogP contribution in [0.4, 0.5) is 0 Å².